The minimum Gasteiger partial charge on any atom is -0.501 e. The van der Waals surface area contributed by atoms with E-state index in [-0.39, 0.29) is 0 Å². The summed E-state index contributed by atoms with van der Waals surface area (Å²) >= 11 is 0. The summed E-state index contributed by atoms with van der Waals surface area (Å²) in [6, 6.07) is 0. The second kappa shape index (κ2) is 14.7. The summed E-state index contributed by atoms with van der Waals surface area (Å²) in [6.07, 6.45) is 11.8. The molecule has 0 N–H and O–H groups in total. The molecular formula is C21H40O2. The minimum absolute atomic E-state index is 0.621. The Morgan fingerprint density at radius 3 is 1.26 bits per heavy atom. The summed E-state index contributed by atoms with van der Waals surface area (Å²) in [5, 5.41) is 0. The fraction of sp³-hybridized carbons (Fsp3) is 0.810. The monoisotopic (exact) mass is 324 g/mol. The summed E-state index contributed by atoms with van der Waals surface area (Å²) in [5.41, 5.74) is 2.79. The minimum atomic E-state index is 0.621. The van der Waals surface area contributed by atoms with Crippen LogP contribution in [0.2, 0.25) is 0 Å². The first-order valence-corrected chi connectivity index (χ1v) is 9.73. The van der Waals surface area contributed by atoms with Crippen LogP contribution in [0.15, 0.2) is 23.7 Å². The van der Waals surface area contributed by atoms with Gasteiger partial charge in [0.05, 0.1) is 25.7 Å². The Balaban J connectivity index is 4.29. The molecule has 2 atom stereocenters. The van der Waals surface area contributed by atoms with Gasteiger partial charge < -0.3 is 9.47 Å². The van der Waals surface area contributed by atoms with Crippen LogP contribution >= 0.6 is 0 Å². The lowest BCUT2D eigenvalue weighted by molar-refractivity contribution is 0.132. The maximum Gasteiger partial charge on any atom is 0.0901 e. The Morgan fingerprint density at radius 2 is 1.00 bits per heavy atom. The lowest BCUT2D eigenvalue weighted by Gasteiger charge is -2.21. The molecule has 0 aromatic heterocycles. The van der Waals surface area contributed by atoms with Gasteiger partial charge in [-0.3, -0.25) is 0 Å². The highest BCUT2D eigenvalue weighted by atomic mass is 16.5. The molecule has 2 heteroatoms. The first kappa shape index (κ1) is 22.1. The Hall–Kier alpha value is -0.920. The molecule has 0 heterocycles. The highest BCUT2D eigenvalue weighted by molar-refractivity contribution is 4.96. The van der Waals surface area contributed by atoms with E-state index in [9.17, 15) is 0 Å². The average Bonchev–Trinajstić information content (AvgIpc) is 2.59. The van der Waals surface area contributed by atoms with Crippen molar-refractivity contribution in [2.45, 2.75) is 86.5 Å². The normalized spacial score (nSPS) is 13.1. The molecule has 0 saturated carbocycles. The number of allylic oxidation sites excluding steroid dienone is 2. The predicted molar refractivity (Wildman–Crippen MR) is 101 cm³/mol. The smallest absolute Gasteiger partial charge is 0.0901 e. The predicted octanol–water partition coefficient (Wildman–Crippen LogP) is 6.87. The molecule has 0 aromatic rings. The van der Waals surface area contributed by atoms with Gasteiger partial charge in [-0.2, -0.15) is 0 Å². The first-order chi connectivity index (χ1) is 11.1. The van der Waals surface area contributed by atoms with Crippen molar-refractivity contribution in [1.29, 1.82) is 0 Å². The molecule has 2 unspecified atom stereocenters. The molecule has 0 fully saturated rings. The van der Waals surface area contributed by atoms with Crippen LogP contribution in [-0.4, -0.2) is 13.2 Å². The van der Waals surface area contributed by atoms with Crippen molar-refractivity contribution in [1.82, 2.24) is 0 Å². The lowest BCUT2D eigenvalue weighted by atomic mass is 9.92. The summed E-state index contributed by atoms with van der Waals surface area (Å²) in [7, 11) is 0. The van der Waals surface area contributed by atoms with Crippen molar-refractivity contribution in [2.75, 3.05) is 13.2 Å². The quantitative estimate of drug-likeness (QED) is 0.325. The van der Waals surface area contributed by atoms with E-state index in [1.54, 1.807) is 0 Å². The molecular weight excluding hydrogens is 284 g/mol. The van der Waals surface area contributed by atoms with Crippen molar-refractivity contribution in [3.05, 3.63) is 23.7 Å². The Labute approximate surface area is 145 Å². The van der Waals surface area contributed by atoms with Crippen molar-refractivity contribution in [3.8, 4) is 0 Å². The van der Waals surface area contributed by atoms with Gasteiger partial charge in [-0.1, -0.05) is 54.4 Å². The Kier molecular flexibility index (Phi) is 14.1. The van der Waals surface area contributed by atoms with E-state index >= 15 is 0 Å². The van der Waals surface area contributed by atoms with E-state index in [0.29, 0.717) is 11.8 Å². The van der Waals surface area contributed by atoms with Crippen molar-refractivity contribution < 1.29 is 9.47 Å². The third kappa shape index (κ3) is 10.5. The summed E-state index contributed by atoms with van der Waals surface area (Å²) < 4.78 is 11.7. The lowest BCUT2D eigenvalue weighted by Crippen LogP contribution is -2.16. The molecule has 0 aliphatic carbocycles. The second-order valence-corrected chi connectivity index (χ2v) is 6.42. The molecule has 0 rings (SSSR count). The second-order valence-electron chi connectivity index (χ2n) is 6.42. The fourth-order valence-electron chi connectivity index (χ4n) is 2.61. The van der Waals surface area contributed by atoms with E-state index in [2.05, 4.69) is 41.5 Å². The molecule has 0 bridgehead atoms. The van der Waals surface area contributed by atoms with Crippen LogP contribution in [0.25, 0.3) is 0 Å². The van der Waals surface area contributed by atoms with Crippen LogP contribution < -0.4 is 0 Å². The van der Waals surface area contributed by atoms with E-state index < -0.39 is 0 Å². The van der Waals surface area contributed by atoms with Crippen molar-refractivity contribution >= 4 is 0 Å². The van der Waals surface area contributed by atoms with Crippen LogP contribution in [0.3, 0.4) is 0 Å². The molecule has 136 valence electrons. The molecule has 0 radical (unpaired) electrons. The van der Waals surface area contributed by atoms with Crippen LogP contribution in [0.5, 0.6) is 0 Å². The molecule has 0 aliphatic rings. The zero-order valence-corrected chi connectivity index (χ0v) is 16.5. The first-order valence-electron chi connectivity index (χ1n) is 9.73. The molecule has 0 aliphatic heterocycles. The van der Waals surface area contributed by atoms with Crippen LogP contribution in [0, 0.1) is 11.8 Å². The van der Waals surface area contributed by atoms with Crippen molar-refractivity contribution in [3.63, 3.8) is 0 Å². The van der Waals surface area contributed by atoms with Gasteiger partial charge in [0.2, 0.25) is 0 Å². The number of hydrogen-bond acceptors (Lipinski definition) is 2. The van der Waals surface area contributed by atoms with Gasteiger partial charge in [0.15, 0.2) is 0 Å². The van der Waals surface area contributed by atoms with Gasteiger partial charge in [-0.05, 0) is 55.1 Å². The molecule has 2 nitrogen and oxygen atoms in total. The maximum atomic E-state index is 5.84. The number of ether oxygens (including phenoxy) is 2. The fourth-order valence-corrected chi connectivity index (χ4v) is 2.61. The van der Waals surface area contributed by atoms with Gasteiger partial charge in [0.25, 0.3) is 0 Å². The SMILES string of the molecule is CCC(=COCC(CC)CC(CC)COC=C(CC)CC)CC. The average molecular weight is 325 g/mol. The third-order valence-corrected chi connectivity index (χ3v) is 4.80. The van der Waals surface area contributed by atoms with Gasteiger partial charge in [-0.15, -0.1) is 0 Å². The highest BCUT2D eigenvalue weighted by Crippen LogP contribution is 2.20. The number of rotatable bonds is 14. The molecule has 0 aromatic carbocycles. The third-order valence-electron chi connectivity index (χ3n) is 4.80. The van der Waals surface area contributed by atoms with Crippen LogP contribution in [0.1, 0.15) is 86.5 Å². The van der Waals surface area contributed by atoms with E-state index in [4.69, 9.17) is 9.47 Å². The summed E-state index contributed by atoms with van der Waals surface area (Å²) in [6.45, 7) is 15.0. The van der Waals surface area contributed by atoms with Gasteiger partial charge in [0, 0.05) is 0 Å². The van der Waals surface area contributed by atoms with Gasteiger partial charge in [0.1, 0.15) is 0 Å². The molecule has 0 amide bonds. The largest absolute Gasteiger partial charge is 0.501 e. The van der Waals surface area contributed by atoms with Crippen LogP contribution in [0.4, 0.5) is 0 Å². The van der Waals surface area contributed by atoms with E-state index in [1.165, 1.54) is 30.4 Å². The number of hydrogen-bond donors (Lipinski definition) is 0. The summed E-state index contributed by atoms with van der Waals surface area (Å²) in [5.74, 6) is 1.24. The van der Waals surface area contributed by atoms with Gasteiger partial charge >= 0.3 is 0 Å². The molecule has 0 saturated heterocycles. The van der Waals surface area contributed by atoms with E-state index in [1.807, 2.05) is 12.5 Å². The molecule has 23 heavy (non-hydrogen) atoms. The maximum absolute atomic E-state index is 5.84. The Bertz CT molecular complexity index is 287. The van der Waals surface area contributed by atoms with E-state index in [0.717, 1.165) is 38.9 Å². The zero-order valence-electron chi connectivity index (χ0n) is 16.5. The van der Waals surface area contributed by atoms with Crippen LogP contribution in [-0.2, 0) is 9.47 Å². The molecule has 0 spiro atoms. The van der Waals surface area contributed by atoms with Gasteiger partial charge in [-0.25, -0.2) is 0 Å². The standard InChI is InChI=1S/C21H40O2/c1-7-18(8-2)14-22-16-20(11-5)13-21(12-6)17-23-15-19(9-3)10-4/h14-15,20-21H,7-13,16-17H2,1-6H3. The Morgan fingerprint density at radius 1 is 0.652 bits per heavy atom. The van der Waals surface area contributed by atoms with Crippen molar-refractivity contribution in [2.24, 2.45) is 11.8 Å². The summed E-state index contributed by atoms with van der Waals surface area (Å²) in [4.78, 5) is 0. The topological polar surface area (TPSA) is 18.5 Å². The zero-order chi connectivity index (χ0) is 17.5. The highest BCUT2D eigenvalue weighted by Gasteiger charge is 2.15.